The Morgan fingerprint density at radius 3 is 2.62 bits per heavy atom. The molecule has 2 amide bonds. The molecule has 21 heavy (non-hydrogen) atoms. The number of rotatable bonds is 6. The Kier molecular flexibility index (Phi) is 6.10. The van der Waals surface area contributed by atoms with Crippen molar-refractivity contribution in [2.75, 3.05) is 20.1 Å². The Balaban J connectivity index is 2.94. The molecule has 114 valence electrons. The van der Waals surface area contributed by atoms with Crippen LogP contribution < -0.4 is 5.32 Å². The predicted molar refractivity (Wildman–Crippen MR) is 81.4 cm³/mol. The molecule has 0 aliphatic rings. The first-order chi connectivity index (χ1) is 9.88. The Labute approximate surface area is 127 Å². The minimum Gasteiger partial charge on any atom is -0.478 e. The second kappa shape index (κ2) is 7.58. The number of carbonyl (C=O) groups excluding carboxylic acids is 2. The summed E-state index contributed by atoms with van der Waals surface area (Å²) in [6.45, 7) is 4.03. The van der Waals surface area contributed by atoms with Gasteiger partial charge in [-0.15, -0.1) is 11.3 Å². The maximum Gasteiger partial charge on any atom is 0.328 e. The third kappa shape index (κ3) is 4.71. The molecule has 7 heteroatoms. The van der Waals surface area contributed by atoms with E-state index < -0.39 is 5.97 Å². The number of carboxylic acids is 1. The van der Waals surface area contributed by atoms with Crippen molar-refractivity contribution in [3.05, 3.63) is 27.5 Å². The van der Waals surface area contributed by atoms with E-state index in [1.165, 1.54) is 29.4 Å². The number of nitrogens with zero attached hydrogens (tertiary/aromatic N) is 1. The number of nitrogens with one attached hydrogen (secondary N) is 1. The van der Waals surface area contributed by atoms with Crippen LogP contribution in [0.15, 0.2) is 12.1 Å². The second-order valence-electron chi connectivity index (χ2n) is 4.32. The summed E-state index contributed by atoms with van der Waals surface area (Å²) in [4.78, 5) is 36.9. The molecule has 1 aromatic heterocycles. The fourth-order valence-corrected chi connectivity index (χ4v) is 2.69. The van der Waals surface area contributed by atoms with Crippen molar-refractivity contribution in [3.63, 3.8) is 0 Å². The molecule has 0 aliphatic carbocycles. The molecular formula is C14H18N2O4S. The van der Waals surface area contributed by atoms with Crippen LogP contribution in [0, 0.1) is 6.92 Å². The van der Waals surface area contributed by atoms with E-state index in [0.717, 1.165) is 16.5 Å². The zero-order chi connectivity index (χ0) is 16.0. The number of carboxylic acid groups (broad SMARTS) is 1. The van der Waals surface area contributed by atoms with Crippen LogP contribution in [0.1, 0.15) is 27.0 Å². The molecule has 0 aromatic carbocycles. The highest BCUT2D eigenvalue weighted by molar-refractivity contribution is 7.15. The van der Waals surface area contributed by atoms with E-state index in [1.807, 2.05) is 6.92 Å². The first kappa shape index (κ1) is 16.9. The van der Waals surface area contributed by atoms with Crippen molar-refractivity contribution < 1.29 is 19.5 Å². The van der Waals surface area contributed by atoms with Gasteiger partial charge in [-0.3, -0.25) is 9.59 Å². The summed E-state index contributed by atoms with van der Waals surface area (Å²) in [6, 6.07) is 1.71. The monoisotopic (exact) mass is 310 g/mol. The van der Waals surface area contributed by atoms with Crippen molar-refractivity contribution in [3.8, 4) is 0 Å². The lowest BCUT2D eigenvalue weighted by Crippen LogP contribution is -2.39. The van der Waals surface area contributed by atoms with E-state index in [0.29, 0.717) is 11.4 Å². The highest BCUT2D eigenvalue weighted by atomic mass is 32.1. The van der Waals surface area contributed by atoms with E-state index in [2.05, 4.69) is 5.32 Å². The molecule has 0 unspecified atom stereocenters. The molecule has 1 aromatic rings. The Bertz CT molecular complexity index is 578. The second-order valence-corrected chi connectivity index (χ2v) is 5.41. The number of thiophene rings is 1. The minimum absolute atomic E-state index is 0.00306. The fourth-order valence-electron chi connectivity index (χ4n) is 1.65. The summed E-state index contributed by atoms with van der Waals surface area (Å²) in [6.07, 6.45) is 2.50. The van der Waals surface area contributed by atoms with Crippen LogP contribution in [-0.4, -0.2) is 47.9 Å². The van der Waals surface area contributed by atoms with Gasteiger partial charge < -0.3 is 15.3 Å². The largest absolute Gasteiger partial charge is 0.478 e. The molecule has 2 N–H and O–H groups in total. The summed E-state index contributed by atoms with van der Waals surface area (Å²) < 4.78 is 0. The van der Waals surface area contributed by atoms with E-state index in [9.17, 15) is 14.4 Å². The van der Waals surface area contributed by atoms with Gasteiger partial charge in [-0.2, -0.15) is 0 Å². The topological polar surface area (TPSA) is 86.7 Å². The van der Waals surface area contributed by atoms with Gasteiger partial charge in [-0.1, -0.05) is 0 Å². The molecule has 0 fully saturated rings. The Morgan fingerprint density at radius 1 is 1.43 bits per heavy atom. The first-order valence-electron chi connectivity index (χ1n) is 6.40. The van der Waals surface area contributed by atoms with E-state index in [1.54, 1.807) is 13.0 Å². The van der Waals surface area contributed by atoms with Crippen molar-refractivity contribution in [2.24, 2.45) is 0 Å². The van der Waals surface area contributed by atoms with Crippen LogP contribution in [0.3, 0.4) is 0 Å². The summed E-state index contributed by atoms with van der Waals surface area (Å²) in [5.41, 5.74) is 0.830. The van der Waals surface area contributed by atoms with Gasteiger partial charge >= 0.3 is 5.97 Å². The van der Waals surface area contributed by atoms with Crippen molar-refractivity contribution >= 4 is 35.2 Å². The van der Waals surface area contributed by atoms with Crippen LogP contribution in [0.25, 0.3) is 6.08 Å². The summed E-state index contributed by atoms with van der Waals surface area (Å²) >= 11 is 1.21. The maximum atomic E-state index is 12.3. The number of carbonyl (C=O) groups is 3. The third-order valence-electron chi connectivity index (χ3n) is 2.83. The van der Waals surface area contributed by atoms with E-state index >= 15 is 0 Å². The molecule has 0 bridgehead atoms. The normalized spacial score (nSPS) is 10.6. The Morgan fingerprint density at radius 2 is 2.10 bits per heavy atom. The SMILES string of the molecule is CCN(CC(=O)NC)C(=O)c1cc(C)c(/C=C/C(=O)O)s1. The lowest BCUT2D eigenvalue weighted by atomic mass is 10.2. The fraction of sp³-hybridized carbons (Fsp3) is 0.357. The Hall–Kier alpha value is -2.15. The number of amides is 2. The van der Waals surface area contributed by atoms with Gasteiger partial charge in [-0.05, 0) is 31.6 Å². The quantitative estimate of drug-likeness (QED) is 0.777. The number of aryl methyl sites for hydroxylation is 1. The standard InChI is InChI=1S/C14H18N2O4S/c1-4-16(8-12(17)15-3)14(20)11-7-9(2)10(21-11)5-6-13(18)19/h5-7H,4,8H2,1-3H3,(H,15,17)(H,18,19)/b6-5+. The molecule has 0 aliphatic heterocycles. The zero-order valence-electron chi connectivity index (χ0n) is 12.2. The average Bonchev–Trinajstić information content (AvgIpc) is 2.82. The van der Waals surface area contributed by atoms with Crippen LogP contribution >= 0.6 is 11.3 Å². The lowest BCUT2D eigenvalue weighted by molar-refractivity contribution is -0.131. The zero-order valence-corrected chi connectivity index (χ0v) is 13.0. The van der Waals surface area contributed by atoms with Gasteiger partial charge in [0.1, 0.15) is 0 Å². The van der Waals surface area contributed by atoms with Crippen LogP contribution in [-0.2, 0) is 9.59 Å². The van der Waals surface area contributed by atoms with Gasteiger partial charge in [0, 0.05) is 24.5 Å². The van der Waals surface area contributed by atoms with Gasteiger partial charge in [-0.25, -0.2) is 4.79 Å². The van der Waals surface area contributed by atoms with E-state index in [-0.39, 0.29) is 18.4 Å². The van der Waals surface area contributed by atoms with Crippen molar-refractivity contribution in [1.29, 1.82) is 0 Å². The van der Waals surface area contributed by atoms with Crippen LogP contribution in [0.2, 0.25) is 0 Å². The number of likely N-dealkylation sites (N-methyl/N-ethyl adjacent to an activating group) is 2. The molecule has 0 spiro atoms. The van der Waals surface area contributed by atoms with Crippen LogP contribution in [0.5, 0.6) is 0 Å². The van der Waals surface area contributed by atoms with E-state index in [4.69, 9.17) is 5.11 Å². The van der Waals surface area contributed by atoms with Gasteiger partial charge in [0.15, 0.2) is 0 Å². The molecule has 6 nitrogen and oxygen atoms in total. The van der Waals surface area contributed by atoms with Gasteiger partial charge in [0.25, 0.3) is 5.91 Å². The minimum atomic E-state index is -1.04. The summed E-state index contributed by atoms with van der Waals surface area (Å²) in [7, 11) is 1.52. The van der Waals surface area contributed by atoms with Crippen LogP contribution in [0.4, 0.5) is 0 Å². The molecule has 1 heterocycles. The van der Waals surface area contributed by atoms with Crippen molar-refractivity contribution in [1.82, 2.24) is 10.2 Å². The highest BCUT2D eigenvalue weighted by Gasteiger charge is 2.19. The molecule has 0 saturated heterocycles. The molecule has 0 radical (unpaired) electrons. The molecule has 0 saturated carbocycles. The number of aliphatic carboxylic acids is 1. The third-order valence-corrected chi connectivity index (χ3v) is 4.02. The first-order valence-corrected chi connectivity index (χ1v) is 7.22. The van der Waals surface area contributed by atoms with Gasteiger partial charge in [0.2, 0.25) is 5.91 Å². The van der Waals surface area contributed by atoms with Gasteiger partial charge in [0.05, 0.1) is 11.4 Å². The summed E-state index contributed by atoms with van der Waals surface area (Å²) in [5.74, 6) is -1.50. The molecular weight excluding hydrogens is 292 g/mol. The lowest BCUT2D eigenvalue weighted by Gasteiger charge is -2.18. The predicted octanol–water partition coefficient (Wildman–Crippen LogP) is 1.36. The smallest absolute Gasteiger partial charge is 0.328 e. The highest BCUT2D eigenvalue weighted by Crippen LogP contribution is 2.24. The summed E-state index contributed by atoms with van der Waals surface area (Å²) in [5, 5.41) is 11.1. The number of hydrogen-bond acceptors (Lipinski definition) is 4. The maximum absolute atomic E-state index is 12.3. The number of hydrogen-bond donors (Lipinski definition) is 2. The molecule has 0 atom stereocenters. The average molecular weight is 310 g/mol. The van der Waals surface area contributed by atoms with Crippen molar-refractivity contribution in [2.45, 2.75) is 13.8 Å². The molecule has 1 rings (SSSR count).